The minimum Gasteiger partial charge on any atom is -0.287 e. The first-order chi connectivity index (χ1) is 13.0. The number of rotatable bonds is 3. The Kier molecular flexibility index (Phi) is 4.15. The molecule has 0 spiro atoms. The van der Waals surface area contributed by atoms with Crippen LogP contribution in [-0.2, 0) is 7.05 Å². The van der Waals surface area contributed by atoms with Crippen LogP contribution < -0.4 is 0 Å². The van der Waals surface area contributed by atoms with Gasteiger partial charge < -0.3 is 0 Å². The standard InChI is InChI=1S/C22H23N5/c1-13(2)21(17-8-14(3)9-19-18(17)12-24-26-19)22(23-4)15-6-7-20-16(10-15)11-25-27(20)5/h6-12H,1-5H3,(H,24,26). The third kappa shape index (κ3) is 2.85. The Hall–Kier alpha value is -3.21. The molecule has 0 aliphatic heterocycles. The number of fused-ring (bicyclic) bond motifs is 2. The summed E-state index contributed by atoms with van der Waals surface area (Å²) in [6, 6.07) is 10.7. The molecule has 4 rings (SSSR count). The summed E-state index contributed by atoms with van der Waals surface area (Å²) in [5.41, 5.74) is 8.94. The predicted octanol–water partition coefficient (Wildman–Crippen LogP) is 4.67. The van der Waals surface area contributed by atoms with Crippen LogP contribution in [0.5, 0.6) is 0 Å². The molecule has 5 nitrogen and oxygen atoms in total. The zero-order chi connectivity index (χ0) is 19.1. The molecule has 0 saturated carbocycles. The maximum Gasteiger partial charge on any atom is 0.0721 e. The fraction of sp³-hybridized carbons (Fsp3) is 0.227. The minimum atomic E-state index is 0.980. The molecule has 0 unspecified atom stereocenters. The molecule has 0 aliphatic rings. The van der Waals surface area contributed by atoms with Gasteiger partial charge in [-0.3, -0.25) is 14.8 Å². The van der Waals surface area contributed by atoms with Gasteiger partial charge in [-0.15, -0.1) is 0 Å². The summed E-state index contributed by atoms with van der Waals surface area (Å²) in [6.07, 6.45) is 3.79. The average molecular weight is 357 g/mol. The monoisotopic (exact) mass is 357 g/mol. The first-order valence-electron chi connectivity index (χ1n) is 9.00. The largest absolute Gasteiger partial charge is 0.287 e. The Bertz CT molecular complexity index is 1220. The number of aromatic nitrogens is 4. The lowest BCUT2D eigenvalue weighted by atomic mass is 9.89. The molecular weight excluding hydrogens is 334 g/mol. The smallest absolute Gasteiger partial charge is 0.0721 e. The number of hydrogen-bond acceptors (Lipinski definition) is 3. The third-order valence-corrected chi connectivity index (χ3v) is 4.95. The number of aliphatic imine (C=N–C) groups is 1. The zero-order valence-corrected chi connectivity index (χ0v) is 16.3. The van der Waals surface area contributed by atoms with Gasteiger partial charge in [-0.1, -0.05) is 17.7 Å². The molecule has 2 heterocycles. The average Bonchev–Trinajstić information content (AvgIpc) is 3.25. The Balaban J connectivity index is 1.94. The van der Waals surface area contributed by atoms with Crippen LogP contribution in [0.2, 0.25) is 0 Å². The number of nitrogens with zero attached hydrogens (tertiary/aromatic N) is 4. The minimum absolute atomic E-state index is 0.980. The van der Waals surface area contributed by atoms with Gasteiger partial charge in [0.25, 0.3) is 0 Å². The van der Waals surface area contributed by atoms with Gasteiger partial charge in [0, 0.05) is 36.0 Å². The van der Waals surface area contributed by atoms with Crippen molar-refractivity contribution in [3.8, 4) is 0 Å². The highest BCUT2D eigenvalue weighted by molar-refractivity contribution is 6.34. The van der Waals surface area contributed by atoms with Crippen molar-refractivity contribution in [2.24, 2.45) is 12.0 Å². The number of allylic oxidation sites excluding steroid dienone is 2. The summed E-state index contributed by atoms with van der Waals surface area (Å²) >= 11 is 0. The molecule has 2 aromatic heterocycles. The third-order valence-electron chi connectivity index (χ3n) is 4.95. The van der Waals surface area contributed by atoms with Gasteiger partial charge in [-0.2, -0.15) is 10.2 Å². The van der Waals surface area contributed by atoms with Gasteiger partial charge in [-0.25, -0.2) is 0 Å². The molecule has 0 amide bonds. The Labute approximate surface area is 158 Å². The molecule has 0 radical (unpaired) electrons. The van der Waals surface area contributed by atoms with Crippen LogP contribution >= 0.6 is 0 Å². The quantitative estimate of drug-likeness (QED) is 0.542. The second kappa shape index (κ2) is 6.50. The van der Waals surface area contributed by atoms with Gasteiger partial charge in [-0.05, 0) is 50.1 Å². The van der Waals surface area contributed by atoms with Crippen molar-refractivity contribution in [1.82, 2.24) is 20.0 Å². The van der Waals surface area contributed by atoms with Crippen LogP contribution in [-0.4, -0.2) is 32.7 Å². The van der Waals surface area contributed by atoms with Gasteiger partial charge in [0.1, 0.15) is 0 Å². The molecule has 0 atom stereocenters. The van der Waals surface area contributed by atoms with Crippen molar-refractivity contribution in [2.45, 2.75) is 20.8 Å². The van der Waals surface area contributed by atoms with E-state index in [4.69, 9.17) is 4.99 Å². The number of nitrogens with one attached hydrogen (secondary N) is 1. The molecule has 5 heteroatoms. The summed E-state index contributed by atoms with van der Waals surface area (Å²) in [5, 5.41) is 13.9. The molecule has 0 saturated heterocycles. The second-order valence-electron chi connectivity index (χ2n) is 7.13. The van der Waals surface area contributed by atoms with Crippen LogP contribution in [0.4, 0.5) is 0 Å². The van der Waals surface area contributed by atoms with Gasteiger partial charge in [0.15, 0.2) is 0 Å². The van der Waals surface area contributed by atoms with Gasteiger partial charge >= 0.3 is 0 Å². The van der Waals surface area contributed by atoms with Crippen molar-refractivity contribution in [3.05, 3.63) is 65.0 Å². The Morgan fingerprint density at radius 3 is 2.67 bits per heavy atom. The van der Waals surface area contributed by atoms with E-state index in [0.717, 1.165) is 44.2 Å². The first-order valence-corrected chi connectivity index (χ1v) is 9.00. The first kappa shape index (κ1) is 17.2. The molecule has 0 fully saturated rings. The van der Waals surface area contributed by atoms with Crippen molar-refractivity contribution in [1.29, 1.82) is 0 Å². The van der Waals surface area contributed by atoms with E-state index in [0.29, 0.717) is 0 Å². The predicted molar refractivity (Wildman–Crippen MR) is 112 cm³/mol. The van der Waals surface area contributed by atoms with E-state index in [2.05, 4.69) is 66.4 Å². The lowest BCUT2D eigenvalue weighted by molar-refractivity contribution is 0.797. The number of benzene rings is 2. The fourth-order valence-electron chi connectivity index (χ4n) is 3.73. The molecular formula is C22H23N5. The van der Waals surface area contributed by atoms with Crippen LogP contribution in [0.25, 0.3) is 27.4 Å². The Morgan fingerprint density at radius 1 is 1.11 bits per heavy atom. The van der Waals surface area contributed by atoms with Gasteiger partial charge in [0.05, 0.1) is 29.1 Å². The topological polar surface area (TPSA) is 58.9 Å². The van der Waals surface area contributed by atoms with E-state index in [9.17, 15) is 0 Å². The molecule has 0 aliphatic carbocycles. The van der Waals surface area contributed by atoms with Gasteiger partial charge in [0.2, 0.25) is 0 Å². The highest BCUT2D eigenvalue weighted by Crippen LogP contribution is 2.31. The number of hydrogen-bond donors (Lipinski definition) is 1. The summed E-state index contributed by atoms with van der Waals surface area (Å²) < 4.78 is 1.89. The van der Waals surface area contributed by atoms with Crippen molar-refractivity contribution >= 4 is 33.1 Å². The maximum atomic E-state index is 4.69. The van der Waals surface area contributed by atoms with E-state index in [-0.39, 0.29) is 0 Å². The molecule has 0 bridgehead atoms. The summed E-state index contributed by atoms with van der Waals surface area (Å²) in [4.78, 5) is 4.69. The molecule has 4 aromatic rings. The van der Waals surface area contributed by atoms with Crippen molar-refractivity contribution in [3.63, 3.8) is 0 Å². The van der Waals surface area contributed by atoms with E-state index >= 15 is 0 Å². The highest BCUT2D eigenvalue weighted by atomic mass is 15.2. The van der Waals surface area contributed by atoms with Crippen LogP contribution in [0.1, 0.15) is 30.5 Å². The van der Waals surface area contributed by atoms with E-state index in [1.54, 1.807) is 0 Å². The summed E-state index contributed by atoms with van der Waals surface area (Å²) in [6.45, 7) is 6.38. The zero-order valence-electron chi connectivity index (χ0n) is 16.3. The SMILES string of the molecule is CN=C(C(=C(C)C)c1cc(C)cc2[nH]ncc12)c1ccc2c(cnn2C)c1. The van der Waals surface area contributed by atoms with Crippen molar-refractivity contribution in [2.75, 3.05) is 7.05 Å². The number of aromatic amines is 1. The van der Waals surface area contributed by atoms with E-state index < -0.39 is 0 Å². The molecule has 27 heavy (non-hydrogen) atoms. The highest BCUT2D eigenvalue weighted by Gasteiger charge is 2.18. The van der Waals surface area contributed by atoms with E-state index in [1.165, 1.54) is 11.1 Å². The second-order valence-corrected chi connectivity index (χ2v) is 7.13. The number of H-pyrrole nitrogens is 1. The van der Waals surface area contributed by atoms with Crippen LogP contribution in [0, 0.1) is 6.92 Å². The van der Waals surface area contributed by atoms with E-state index in [1.807, 2.05) is 31.2 Å². The summed E-state index contributed by atoms with van der Waals surface area (Å²) in [7, 11) is 3.81. The number of aryl methyl sites for hydroxylation is 2. The van der Waals surface area contributed by atoms with Crippen molar-refractivity contribution < 1.29 is 0 Å². The summed E-state index contributed by atoms with van der Waals surface area (Å²) in [5.74, 6) is 0. The fourth-order valence-corrected chi connectivity index (χ4v) is 3.73. The normalized spacial score (nSPS) is 12.1. The lowest BCUT2D eigenvalue weighted by Crippen LogP contribution is -2.07. The maximum absolute atomic E-state index is 4.69. The van der Waals surface area contributed by atoms with Crippen LogP contribution in [0.15, 0.2) is 53.3 Å². The molecule has 136 valence electrons. The Morgan fingerprint density at radius 2 is 1.93 bits per heavy atom. The molecule has 2 aromatic carbocycles. The lowest BCUT2D eigenvalue weighted by Gasteiger charge is -2.16. The molecule has 1 N–H and O–H groups in total. The van der Waals surface area contributed by atoms with Crippen LogP contribution in [0.3, 0.4) is 0 Å².